The maximum atomic E-state index is 3.53. The Labute approximate surface area is 106 Å². The largest absolute Gasteiger partial charge is 0.315 e. The van der Waals surface area contributed by atoms with Crippen LogP contribution in [-0.2, 0) is 0 Å². The Morgan fingerprint density at radius 2 is 1.94 bits per heavy atom. The van der Waals surface area contributed by atoms with E-state index in [-0.39, 0.29) is 0 Å². The van der Waals surface area contributed by atoms with Gasteiger partial charge in [0.15, 0.2) is 0 Å². The molecule has 16 heavy (non-hydrogen) atoms. The lowest BCUT2D eigenvalue weighted by Gasteiger charge is -2.33. The summed E-state index contributed by atoms with van der Waals surface area (Å²) in [6.07, 6.45) is 9.38. The van der Waals surface area contributed by atoms with E-state index in [4.69, 9.17) is 0 Å². The maximum absolute atomic E-state index is 3.53. The first-order valence-corrected chi connectivity index (χ1v) is 8.21. The highest BCUT2D eigenvalue weighted by atomic mass is 32.2. The van der Waals surface area contributed by atoms with Gasteiger partial charge in [0.2, 0.25) is 0 Å². The summed E-state index contributed by atoms with van der Waals surface area (Å²) in [6, 6.07) is 0.876. The van der Waals surface area contributed by atoms with Crippen molar-refractivity contribution in [2.24, 2.45) is 0 Å². The summed E-state index contributed by atoms with van der Waals surface area (Å²) < 4.78 is 0. The van der Waals surface area contributed by atoms with Gasteiger partial charge in [-0.15, -0.1) is 0 Å². The Morgan fingerprint density at radius 1 is 1.19 bits per heavy atom. The van der Waals surface area contributed by atoms with Crippen LogP contribution in [0.5, 0.6) is 0 Å². The van der Waals surface area contributed by atoms with Crippen LogP contribution < -0.4 is 5.32 Å². The number of hydrogen-bond donors (Lipinski definition) is 1. The first-order valence-electron chi connectivity index (χ1n) is 6.82. The van der Waals surface area contributed by atoms with Gasteiger partial charge in [-0.2, -0.15) is 11.8 Å². The van der Waals surface area contributed by atoms with Crippen LogP contribution in [0.3, 0.4) is 0 Å². The molecule has 0 aromatic carbocycles. The second-order valence-electron chi connectivity index (χ2n) is 4.66. The summed E-state index contributed by atoms with van der Waals surface area (Å²) in [5, 5.41) is 3.53. The standard InChI is InChI=1S/C13H28N2S/c1-3-15(11-9-14-10-12-16-2)13-7-5-4-6-8-13/h13-14H,3-12H2,1-2H3. The molecule has 1 fully saturated rings. The van der Waals surface area contributed by atoms with Crippen molar-refractivity contribution in [3.63, 3.8) is 0 Å². The van der Waals surface area contributed by atoms with Crippen molar-refractivity contribution >= 4 is 11.8 Å². The van der Waals surface area contributed by atoms with Crippen molar-refractivity contribution in [3.8, 4) is 0 Å². The molecule has 1 aliphatic rings. The van der Waals surface area contributed by atoms with E-state index in [9.17, 15) is 0 Å². The smallest absolute Gasteiger partial charge is 0.0110 e. The van der Waals surface area contributed by atoms with Crippen molar-refractivity contribution in [2.45, 2.75) is 45.1 Å². The van der Waals surface area contributed by atoms with Gasteiger partial charge in [0, 0.05) is 31.4 Å². The minimum absolute atomic E-state index is 0.876. The van der Waals surface area contributed by atoms with Gasteiger partial charge in [0.05, 0.1) is 0 Å². The van der Waals surface area contributed by atoms with Crippen LogP contribution in [0.4, 0.5) is 0 Å². The molecule has 0 amide bonds. The molecule has 0 aromatic heterocycles. The molecule has 0 saturated heterocycles. The van der Waals surface area contributed by atoms with Crippen LogP contribution in [0.1, 0.15) is 39.0 Å². The normalized spacial score (nSPS) is 18.2. The molecule has 1 rings (SSSR count). The molecule has 0 aromatic rings. The van der Waals surface area contributed by atoms with Gasteiger partial charge < -0.3 is 5.32 Å². The minimum Gasteiger partial charge on any atom is -0.315 e. The van der Waals surface area contributed by atoms with Gasteiger partial charge in [-0.1, -0.05) is 26.2 Å². The topological polar surface area (TPSA) is 15.3 Å². The average Bonchev–Trinajstić information content (AvgIpc) is 2.35. The molecule has 1 saturated carbocycles. The monoisotopic (exact) mass is 244 g/mol. The summed E-state index contributed by atoms with van der Waals surface area (Å²) in [4.78, 5) is 2.67. The number of nitrogens with one attached hydrogen (secondary N) is 1. The Kier molecular flexibility index (Phi) is 8.34. The highest BCUT2D eigenvalue weighted by Crippen LogP contribution is 2.21. The van der Waals surface area contributed by atoms with Gasteiger partial charge in [0.25, 0.3) is 0 Å². The van der Waals surface area contributed by atoms with Crippen LogP contribution in [0.25, 0.3) is 0 Å². The molecule has 0 unspecified atom stereocenters. The molecular weight excluding hydrogens is 216 g/mol. The fraction of sp³-hybridized carbons (Fsp3) is 1.00. The fourth-order valence-corrected chi connectivity index (χ4v) is 2.92. The molecule has 0 atom stereocenters. The number of thioether (sulfide) groups is 1. The molecule has 0 bridgehead atoms. The third-order valence-corrected chi connectivity index (χ3v) is 4.17. The lowest BCUT2D eigenvalue weighted by Crippen LogP contribution is -2.41. The zero-order chi connectivity index (χ0) is 11.6. The molecule has 96 valence electrons. The van der Waals surface area contributed by atoms with Gasteiger partial charge in [0.1, 0.15) is 0 Å². The summed E-state index contributed by atoms with van der Waals surface area (Å²) in [5.74, 6) is 1.23. The van der Waals surface area contributed by atoms with Crippen LogP contribution in [0, 0.1) is 0 Å². The average molecular weight is 244 g/mol. The number of rotatable bonds is 8. The second kappa shape index (κ2) is 9.32. The van der Waals surface area contributed by atoms with Crippen LogP contribution in [0.15, 0.2) is 0 Å². The molecule has 1 N–H and O–H groups in total. The number of nitrogens with zero attached hydrogens (tertiary/aromatic N) is 1. The molecular formula is C13H28N2S. The Balaban J connectivity index is 2.10. The highest BCUT2D eigenvalue weighted by Gasteiger charge is 2.18. The lowest BCUT2D eigenvalue weighted by molar-refractivity contribution is 0.165. The Hall–Kier alpha value is 0.270. The lowest BCUT2D eigenvalue weighted by atomic mass is 9.94. The van der Waals surface area contributed by atoms with E-state index < -0.39 is 0 Å². The van der Waals surface area contributed by atoms with Crippen molar-refractivity contribution in [2.75, 3.05) is 38.2 Å². The molecule has 2 nitrogen and oxygen atoms in total. The Morgan fingerprint density at radius 3 is 2.56 bits per heavy atom. The summed E-state index contributed by atoms with van der Waals surface area (Å²) in [5.41, 5.74) is 0. The van der Waals surface area contributed by atoms with Crippen molar-refractivity contribution in [1.82, 2.24) is 10.2 Å². The third-order valence-electron chi connectivity index (χ3n) is 3.56. The Bertz CT molecular complexity index is 158. The minimum atomic E-state index is 0.876. The fourth-order valence-electron chi connectivity index (χ4n) is 2.57. The second-order valence-corrected chi connectivity index (χ2v) is 5.65. The van der Waals surface area contributed by atoms with Gasteiger partial charge in [-0.3, -0.25) is 4.90 Å². The zero-order valence-electron chi connectivity index (χ0n) is 11.0. The van der Waals surface area contributed by atoms with Crippen molar-refractivity contribution < 1.29 is 0 Å². The molecule has 0 heterocycles. The van der Waals surface area contributed by atoms with Crippen molar-refractivity contribution in [3.05, 3.63) is 0 Å². The summed E-state index contributed by atoms with van der Waals surface area (Å²) in [6.45, 7) is 7.06. The third kappa shape index (κ3) is 5.55. The molecule has 0 radical (unpaired) electrons. The van der Waals surface area contributed by atoms with Gasteiger partial charge >= 0.3 is 0 Å². The van der Waals surface area contributed by atoms with E-state index in [2.05, 4.69) is 23.4 Å². The van der Waals surface area contributed by atoms with E-state index in [0.717, 1.165) is 19.1 Å². The van der Waals surface area contributed by atoms with Crippen LogP contribution >= 0.6 is 11.8 Å². The summed E-state index contributed by atoms with van der Waals surface area (Å²) >= 11 is 1.92. The highest BCUT2D eigenvalue weighted by molar-refractivity contribution is 7.98. The SMILES string of the molecule is CCN(CCNCCSC)C1CCCCC1. The van der Waals surface area contributed by atoms with Crippen LogP contribution in [0.2, 0.25) is 0 Å². The summed E-state index contributed by atoms with van der Waals surface area (Å²) in [7, 11) is 0. The predicted molar refractivity (Wildman–Crippen MR) is 75.4 cm³/mol. The van der Waals surface area contributed by atoms with Gasteiger partial charge in [-0.25, -0.2) is 0 Å². The van der Waals surface area contributed by atoms with Gasteiger partial charge in [-0.05, 0) is 25.6 Å². The predicted octanol–water partition coefficient (Wildman–Crippen LogP) is 2.59. The van der Waals surface area contributed by atoms with E-state index in [0.29, 0.717) is 0 Å². The quantitative estimate of drug-likeness (QED) is 0.661. The molecule has 0 spiro atoms. The van der Waals surface area contributed by atoms with Crippen molar-refractivity contribution in [1.29, 1.82) is 0 Å². The van der Waals surface area contributed by atoms with E-state index in [1.54, 1.807) is 0 Å². The van der Waals surface area contributed by atoms with E-state index in [1.165, 1.54) is 50.9 Å². The van der Waals surface area contributed by atoms with E-state index in [1.807, 2.05) is 11.8 Å². The van der Waals surface area contributed by atoms with E-state index >= 15 is 0 Å². The first kappa shape index (κ1) is 14.3. The first-order chi connectivity index (χ1) is 7.88. The maximum Gasteiger partial charge on any atom is 0.0110 e. The zero-order valence-corrected chi connectivity index (χ0v) is 11.8. The number of likely N-dealkylation sites (N-methyl/N-ethyl adjacent to an activating group) is 1. The number of hydrogen-bond acceptors (Lipinski definition) is 3. The molecule has 1 aliphatic carbocycles. The molecule has 0 aliphatic heterocycles. The van der Waals surface area contributed by atoms with Crippen LogP contribution in [-0.4, -0.2) is 49.1 Å². The molecule has 3 heteroatoms.